The van der Waals surface area contributed by atoms with Crippen LogP contribution in [0.5, 0.6) is 5.75 Å². The summed E-state index contributed by atoms with van der Waals surface area (Å²) in [5.74, 6) is -1.03. The first kappa shape index (κ1) is 20.5. The molecule has 4 amide bonds. The van der Waals surface area contributed by atoms with Gasteiger partial charge in [-0.25, -0.2) is 4.79 Å². The number of hydrogen-bond acceptors (Lipinski definition) is 5. The van der Waals surface area contributed by atoms with Gasteiger partial charge in [-0.15, -0.1) is 0 Å². The number of nitrogens with zero attached hydrogens (tertiary/aromatic N) is 1. The molecule has 0 saturated carbocycles. The van der Waals surface area contributed by atoms with Crippen LogP contribution in [0, 0.1) is 11.3 Å². The van der Waals surface area contributed by atoms with Crippen LogP contribution in [0.2, 0.25) is 5.02 Å². The summed E-state index contributed by atoms with van der Waals surface area (Å²) < 4.78 is 5.39. The zero-order valence-corrected chi connectivity index (χ0v) is 15.2. The van der Waals surface area contributed by atoms with E-state index >= 15 is 0 Å². The maximum absolute atomic E-state index is 11.9. The summed E-state index contributed by atoms with van der Waals surface area (Å²) in [7, 11) is 0. The van der Waals surface area contributed by atoms with E-state index < -0.39 is 11.9 Å². The van der Waals surface area contributed by atoms with Crippen molar-refractivity contribution in [3.8, 4) is 11.8 Å². The third-order valence-corrected chi connectivity index (χ3v) is 3.58. The number of carbonyl (C=O) groups is 3. The van der Waals surface area contributed by atoms with E-state index in [2.05, 4.69) is 5.32 Å². The average molecular weight is 399 g/mol. The normalized spacial score (nSPS) is 10.5. The fourth-order valence-corrected chi connectivity index (χ4v) is 2.32. The van der Waals surface area contributed by atoms with Gasteiger partial charge in [-0.05, 0) is 35.9 Å². The lowest BCUT2D eigenvalue weighted by Crippen LogP contribution is -2.35. The number of rotatable bonds is 6. The molecule has 9 heteroatoms. The molecule has 0 atom stereocenters. The van der Waals surface area contributed by atoms with E-state index in [1.165, 1.54) is 24.3 Å². The van der Waals surface area contributed by atoms with Gasteiger partial charge in [0.05, 0.1) is 5.02 Å². The summed E-state index contributed by atoms with van der Waals surface area (Å²) in [6.45, 7) is -0.256. The summed E-state index contributed by atoms with van der Waals surface area (Å²) >= 11 is 6.12. The van der Waals surface area contributed by atoms with E-state index in [9.17, 15) is 14.4 Å². The maximum atomic E-state index is 11.9. The molecule has 0 aliphatic carbocycles. The van der Waals surface area contributed by atoms with Gasteiger partial charge in [0.2, 0.25) is 0 Å². The number of urea groups is 1. The molecule has 28 heavy (non-hydrogen) atoms. The second-order valence-corrected chi connectivity index (χ2v) is 5.79. The summed E-state index contributed by atoms with van der Waals surface area (Å²) in [6, 6.07) is 14.0. The highest BCUT2D eigenvalue weighted by Crippen LogP contribution is 2.26. The molecule has 0 spiro atoms. The van der Waals surface area contributed by atoms with Gasteiger partial charge in [-0.1, -0.05) is 35.9 Å². The number of amides is 4. The number of ether oxygens (including phenoxy) is 1. The molecule has 2 aromatic carbocycles. The number of carbonyl (C=O) groups excluding carboxylic acids is 3. The van der Waals surface area contributed by atoms with Gasteiger partial charge in [-0.3, -0.25) is 14.9 Å². The Morgan fingerprint density at radius 1 is 1.18 bits per heavy atom. The van der Waals surface area contributed by atoms with Crippen molar-refractivity contribution in [1.82, 2.24) is 5.32 Å². The molecule has 0 aromatic heterocycles. The van der Waals surface area contributed by atoms with Crippen molar-refractivity contribution in [3.63, 3.8) is 0 Å². The second-order valence-electron chi connectivity index (χ2n) is 5.38. The first-order chi connectivity index (χ1) is 13.4. The molecule has 0 fully saturated rings. The highest BCUT2D eigenvalue weighted by molar-refractivity contribution is 6.32. The van der Waals surface area contributed by atoms with Crippen LogP contribution in [0.15, 0.2) is 54.1 Å². The lowest BCUT2D eigenvalue weighted by molar-refractivity contribution is -0.118. The minimum Gasteiger partial charge on any atom is -0.482 e. The Morgan fingerprint density at radius 2 is 1.89 bits per heavy atom. The van der Waals surface area contributed by atoms with Crippen LogP contribution >= 0.6 is 11.6 Å². The maximum Gasteiger partial charge on any atom is 0.319 e. The minimum atomic E-state index is -1.07. The summed E-state index contributed by atoms with van der Waals surface area (Å²) in [5, 5.41) is 13.7. The quantitative estimate of drug-likeness (QED) is 0.507. The Labute approximate surface area is 165 Å². The van der Waals surface area contributed by atoms with Crippen LogP contribution < -0.4 is 21.1 Å². The van der Waals surface area contributed by atoms with E-state index in [0.717, 1.165) is 0 Å². The molecule has 0 aliphatic heterocycles. The smallest absolute Gasteiger partial charge is 0.319 e. The number of para-hydroxylation sites is 1. The largest absolute Gasteiger partial charge is 0.482 e. The van der Waals surface area contributed by atoms with Crippen molar-refractivity contribution >= 4 is 41.2 Å². The minimum absolute atomic E-state index is 0.175. The van der Waals surface area contributed by atoms with Gasteiger partial charge < -0.3 is 15.8 Å². The van der Waals surface area contributed by atoms with Gasteiger partial charge in [0.1, 0.15) is 17.4 Å². The average Bonchev–Trinajstić information content (AvgIpc) is 2.65. The zero-order valence-electron chi connectivity index (χ0n) is 14.4. The van der Waals surface area contributed by atoms with Crippen molar-refractivity contribution in [2.45, 2.75) is 0 Å². The van der Waals surface area contributed by atoms with Crippen LogP contribution in [0.1, 0.15) is 5.56 Å². The highest BCUT2D eigenvalue weighted by atomic mass is 35.5. The van der Waals surface area contributed by atoms with E-state index in [1.54, 1.807) is 35.7 Å². The number of halogens is 1. The van der Waals surface area contributed by atoms with Gasteiger partial charge in [0, 0.05) is 5.69 Å². The van der Waals surface area contributed by atoms with Gasteiger partial charge in [0.25, 0.3) is 11.8 Å². The molecular weight excluding hydrogens is 384 g/mol. The number of anilines is 1. The summed E-state index contributed by atoms with van der Waals surface area (Å²) in [5.41, 5.74) is 5.58. The molecule has 0 radical (unpaired) electrons. The fraction of sp³-hybridized carbons (Fsp3) is 0.0526. The Morgan fingerprint density at radius 3 is 2.50 bits per heavy atom. The molecule has 4 N–H and O–H groups in total. The first-order valence-electron chi connectivity index (χ1n) is 7.89. The topological polar surface area (TPSA) is 134 Å². The Balaban J connectivity index is 2.02. The van der Waals surface area contributed by atoms with Gasteiger partial charge in [-0.2, -0.15) is 5.26 Å². The zero-order chi connectivity index (χ0) is 20.5. The van der Waals surface area contributed by atoms with Crippen molar-refractivity contribution < 1.29 is 19.1 Å². The summed E-state index contributed by atoms with van der Waals surface area (Å²) in [4.78, 5) is 34.3. The SMILES string of the molecule is N#C/C(=C/c1ccc(OCC(=O)Nc2ccccc2)c(Cl)c1)C(=O)NC(N)=O. The number of hydrogen-bond donors (Lipinski definition) is 3. The van der Waals surface area contributed by atoms with E-state index in [-0.39, 0.29) is 28.9 Å². The van der Waals surface area contributed by atoms with Crippen molar-refractivity contribution in [3.05, 3.63) is 64.7 Å². The van der Waals surface area contributed by atoms with Crippen LogP contribution in [0.25, 0.3) is 6.08 Å². The lowest BCUT2D eigenvalue weighted by Gasteiger charge is -2.09. The Hall–Kier alpha value is -3.83. The molecule has 142 valence electrons. The molecule has 0 unspecified atom stereocenters. The molecule has 8 nitrogen and oxygen atoms in total. The number of nitrogens with one attached hydrogen (secondary N) is 2. The molecule has 2 aromatic rings. The monoisotopic (exact) mass is 398 g/mol. The van der Waals surface area contributed by atoms with E-state index in [1.807, 2.05) is 6.07 Å². The first-order valence-corrected chi connectivity index (χ1v) is 8.26. The number of primary amides is 1. The van der Waals surface area contributed by atoms with Crippen LogP contribution in [0.3, 0.4) is 0 Å². The van der Waals surface area contributed by atoms with E-state index in [0.29, 0.717) is 11.3 Å². The standard InChI is InChI=1S/C19H15ClN4O4/c20-15-9-12(8-13(10-21)18(26)24-19(22)27)6-7-16(15)28-11-17(25)23-14-4-2-1-3-5-14/h1-9H,11H2,(H,23,25)(H3,22,24,26,27)/b13-8-. The molecule has 0 bridgehead atoms. The van der Waals surface area contributed by atoms with Gasteiger partial charge in [0.15, 0.2) is 6.61 Å². The van der Waals surface area contributed by atoms with Crippen LogP contribution in [-0.2, 0) is 9.59 Å². The van der Waals surface area contributed by atoms with E-state index in [4.69, 9.17) is 27.3 Å². The predicted molar refractivity (Wildman–Crippen MR) is 103 cm³/mol. The number of nitrogens with two attached hydrogens (primary N) is 1. The van der Waals surface area contributed by atoms with Crippen molar-refractivity contribution in [2.24, 2.45) is 5.73 Å². The Bertz CT molecular complexity index is 968. The third-order valence-electron chi connectivity index (χ3n) is 3.29. The third kappa shape index (κ3) is 6.16. The molecule has 0 aliphatic rings. The lowest BCUT2D eigenvalue weighted by atomic mass is 10.1. The number of nitriles is 1. The molecule has 2 rings (SSSR count). The molecule has 0 saturated heterocycles. The molecule has 0 heterocycles. The predicted octanol–water partition coefficient (Wildman–Crippen LogP) is 2.46. The van der Waals surface area contributed by atoms with Crippen LogP contribution in [-0.4, -0.2) is 24.5 Å². The van der Waals surface area contributed by atoms with Crippen LogP contribution in [0.4, 0.5) is 10.5 Å². The number of imide groups is 1. The van der Waals surface area contributed by atoms with Gasteiger partial charge >= 0.3 is 6.03 Å². The fourth-order valence-electron chi connectivity index (χ4n) is 2.08. The second kappa shape index (κ2) is 9.75. The number of benzene rings is 2. The Kier molecular flexibility index (Phi) is 7.13. The molecular formula is C19H15ClN4O4. The summed E-state index contributed by atoms with van der Waals surface area (Å²) in [6.07, 6.45) is 1.23. The van der Waals surface area contributed by atoms with Crippen molar-refractivity contribution in [2.75, 3.05) is 11.9 Å². The van der Waals surface area contributed by atoms with Crippen molar-refractivity contribution in [1.29, 1.82) is 5.26 Å². The highest BCUT2D eigenvalue weighted by Gasteiger charge is 2.12.